The predicted octanol–water partition coefficient (Wildman–Crippen LogP) is 3.05. The van der Waals surface area contributed by atoms with Crippen molar-refractivity contribution in [3.63, 3.8) is 0 Å². The van der Waals surface area contributed by atoms with Crippen molar-refractivity contribution in [2.24, 2.45) is 0 Å². The first-order chi connectivity index (χ1) is 16.3. The summed E-state index contributed by atoms with van der Waals surface area (Å²) in [4.78, 5) is 24.2. The van der Waals surface area contributed by atoms with Gasteiger partial charge in [-0.3, -0.25) is 9.59 Å². The van der Waals surface area contributed by atoms with Crippen molar-refractivity contribution in [1.82, 2.24) is 10.0 Å². The summed E-state index contributed by atoms with van der Waals surface area (Å²) in [6, 6.07) is 12.1. The molecule has 1 aliphatic carbocycles. The molecule has 184 valence electrons. The van der Waals surface area contributed by atoms with Crippen molar-refractivity contribution in [3.05, 3.63) is 59.2 Å². The average Bonchev–Trinajstić information content (AvgIpc) is 2.83. The number of carbonyl (C=O) groups excluding carboxylic acids is 2. The van der Waals surface area contributed by atoms with E-state index >= 15 is 0 Å². The SMILES string of the molecule is CCOc1ccc(S(=O)(=O)NCCC(=O)OCC(=O)NC(C)c2ccc3c(c2)CCCC3)cc1. The minimum Gasteiger partial charge on any atom is -0.494 e. The monoisotopic (exact) mass is 488 g/mol. The van der Waals surface area contributed by atoms with Gasteiger partial charge in [-0.2, -0.15) is 0 Å². The summed E-state index contributed by atoms with van der Waals surface area (Å²) in [5, 5.41) is 2.84. The van der Waals surface area contributed by atoms with Crippen LogP contribution in [0.15, 0.2) is 47.4 Å². The van der Waals surface area contributed by atoms with E-state index in [4.69, 9.17) is 9.47 Å². The maximum absolute atomic E-state index is 12.3. The molecule has 2 aromatic carbocycles. The first kappa shape index (κ1) is 25.7. The number of rotatable bonds is 11. The van der Waals surface area contributed by atoms with E-state index < -0.39 is 28.5 Å². The van der Waals surface area contributed by atoms with Gasteiger partial charge >= 0.3 is 5.97 Å². The fourth-order valence-electron chi connectivity index (χ4n) is 3.86. The van der Waals surface area contributed by atoms with E-state index in [2.05, 4.69) is 22.2 Å². The molecule has 2 N–H and O–H groups in total. The van der Waals surface area contributed by atoms with Crippen molar-refractivity contribution in [2.45, 2.75) is 56.9 Å². The molecule has 0 aromatic heterocycles. The third kappa shape index (κ3) is 7.30. The van der Waals surface area contributed by atoms with Gasteiger partial charge in [-0.1, -0.05) is 18.2 Å². The van der Waals surface area contributed by atoms with E-state index in [1.807, 2.05) is 19.9 Å². The first-order valence-corrected chi connectivity index (χ1v) is 13.1. The highest BCUT2D eigenvalue weighted by Gasteiger charge is 2.17. The van der Waals surface area contributed by atoms with Gasteiger partial charge in [0.2, 0.25) is 10.0 Å². The van der Waals surface area contributed by atoms with E-state index in [0.717, 1.165) is 18.4 Å². The number of sulfonamides is 1. The van der Waals surface area contributed by atoms with Gasteiger partial charge in [0.15, 0.2) is 6.61 Å². The maximum atomic E-state index is 12.3. The zero-order chi connectivity index (χ0) is 24.6. The van der Waals surface area contributed by atoms with Crippen LogP contribution in [0, 0.1) is 0 Å². The Hall–Kier alpha value is -2.91. The van der Waals surface area contributed by atoms with Crippen LogP contribution >= 0.6 is 0 Å². The van der Waals surface area contributed by atoms with Crippen LogP contribution in [-0.4, -0.2) is 40.1 Å². The normalized spacial score (nSPS) is 14.1. The van der Waals surface area contributed by atoms with Gasteiger partial charge in [-0.25, -0.2) is 13.1 Å². The largest absolute Gasteiger partial charge is 0.494 e. The lowest BCUT2D eigenvalue weighted by atomic mass is 9.89. The van der Waals surface area contributed by atoms with Crippen LogP contribution in [0.25, 0.3) is 0 Å². The fraction of sp³-hybridized carbons (Fsp3) is 0.440. The minimum absolute atomic E-state index is 0.0693. The number of fused-ring (bicyclic) bond motifs is 1. The second-order valence-corrected chi connectivity index (χ2v) is 10.0. The molecule has 2 aromatic rings. The van der Waals surface area contributed by atoms with Crippen LogP contribution < -0.4 is 14.8 Å². The highest BCUT2D eigenvalue weighted by Crippen LogP contribution is 2.24. The highest BCUT2D eigenvalue weighted by atomic mass is 32.2. The third-order valence-electron chi connectivity index (χ3n) is 5.68. The van der Waals surface area contributed by atoms with Crippen LogP contribution in [0.4, 0.5) is 0 Å². The van der Waals surface area contributed by atoms with E-state index in [1.165, 1.54) is 36.1 Å². The Morgan fingerprint density at radius 2 is 1.74 bits per heavy atom. The van der Waals surface area contributed by atoms with Crippen molar-refractivity contribution in [1.29, 1.82) is 0 Å². The molecule has 0 fully saturated rings. The van der Waals surface area contributed by atoms with Gasteiger partial charge in [0.1, 0.15) is 5.75 Å². The molecule has 1 amide bonds. The van der Waals surface area contributed by atoms with Gasteiger partial charge in [0.25, 0.3) is 5.91 Å². The van der Waals surface area contributed by atoms with Gasteiger partial charge < -0.3 is 14.8 Å². The van der Waals surface area contributed by atoms with Crippen LogP contribution in [0.3, 0.4) is 0 Å². The molecule has 9 heteroatoms. The molecular formula is C25H32N2O6S. The van der Waals surface area contributed by atoms with E-state index in [-0.39, 0.29) is 23.9 Å². The van der Waals surface area contributed by atoms with E-state index in [1.54, 1.807) is 12.1 Å². The number of benzene rings is 2. The molecule has 1 unspecified atom stereocenters. The lowest BCUT2D eigenvalue weighted by Gasteiger charge is -2.20. The van der Waals surface area contributed by atoms with E-state index in [0.29, 0.717) is 12.4 Å². The number of esters is 1. The molecule has 1 aliphatic rings. The molecule has 0 saturated carbocycles. The second kappa shape index (κ2) is 12.0. The molecule has 34 heavy (non-hydrogen) atoms. The van der Waals surface area contributed by atoms with Crippen molar-refractivity contribution >= 4 is 21.9 Å². The zero-order valence-electron chi connectivity index (χ0n) is 19.6. The molecule has 3 rings (SSSR count). The standard InChI is InChI=1S/C25H32N2O6S/c1-3-32-22-10-12-23(13-11-22)34(30,31)26-15-14-25(29)33-17-24(28)27-18(2)20-9-8-19-6-4-5-7-21(19)16-20/h8-13,16,18,26H,3-7,14-15,17H2,1-2H3,(H,27,28). The van der Waals surface area contributed by atoms with Gasteiger partial charge in [0.05, 0.1) is 24.0 Å². The molecule has 1 atom stereocenters. The number of hydrogen-bond donors (Lipinski definition) is 2. The molecule has 0 radical (unpaired) electrons. The summed E-state index contributed by atoms with van der Waals surface area (Å²) < 4.78 is 37.3. The summed E-state index contributed by atoms with van der Waals surface area (Å²) in [6.07, 6.45) is 4.37. The Morgan fingerprint density at radius 3 is 2.44 bits per heavy atom. The number of amides is 1. The quantitative estimate of drug-likeness (QED) is 0.471. The van der Waals surface area contributed by atoms with E-state index in [9.17, 15) is 18.0 Å². The summed E-state index contributed by atoms with van der Waals surface area (Å²) >= 11 is 0. The topological polar surface area (TPSA) is 111 Å². The van der Waals surface area contributed by atoms with Crippen LogP contribution in [0.5, 0.6) is 5.75 Å². The highest BCUT2D eigenvalue weighted by molar-refractivity contribution is 7.89. The maximum Gasteiger partial charge on any atom is 0.307 e. The number of aryl methyl sites for hydroxylation is 2. The van der Waals surface area contributed by atoms with Gasteiger partial charge in [0, 0.05) is 6.54 Å². The molecule has 0 spiro atoms. The number of nitrogens with one attached hydrogen (secondary N) is 2. The summed E-state index contributed by atoms with van der Waals surface area (Å²) in [5.41, 5.74) is 3.73. The summed E-state index contributed by atoms with van der Waals surface area (Å²) in [7, 11) is -3.76. The Balaban J connectivity index is 1.39. The Kier molecular flexibility index (Phi) is 9.06. The summed E-state index contributed by atoms with van der Waals surface area (Å²) in [6.45, 7) is 3.66. The zero-order valence-corrected chi connectivity index (χ0v) is 20.4. The lowest BCUT2D eigenvalue weighted by molar-refractivity contribution is -0.148. The number of carbonyl (C=O) groups is 2. The Morgan fingerprint density at radius 1 is 1.03 bits per heavy atom. The average molecular weight is 489 g/mol. The van der Waals surface area contributed by atoms with Gasteiger partial charge in [-0.05, 0) is 80.5 Å². The lowest BCUT2D eigenvalue weighted by Crippen LogP contribution is -2.32. The smallest absolute Gasteiger partial charge is 0.307 e. The molecule has 0 bridgehead atoms. The van der Waals surface area contributed by atoms with Gasteiger partial charge in [-0.15, -0.1) is 0 Å². The van der Waals surface area contributed by atoms with Crippen molar-refractivity contribution < 1.29 is 27.5 Å². The molecule has 0 saturated heterocycles. The van der Waals surface area contributed by atoms with Crippen molar-refractivity contribution in [2.75, 3.05) is 19.8 Å². The number of hydrogen-bond acceptors (Lipinski definition) is 6. The Labute approximate surface area is 201 Å². The number of ether oxygens (including phenoxy) is 2. The summed E-state index contributed by atoms with van der Waals surface area (Å²) in [5.74, 6) is -0.497. The van der Waals surface area contributed by atoms with Crippen LogP contribution in [0.1, 0.15) is 55.8 Å². The second-order valence-electron chi connectivity index (χ2n) is 8.24. The predicted molar refractivity (Wildman–Crippen MR) is 128 cm³/mol. The third-order valence-corrected chi connectivity index (χ3v) is 7.16. The molecule has 0 heterocycles. The Bertz CT molecular complexity index is 1100. The molecule has 0 aliphatic heterocycles. The van der Waals surface area contributed by atoms with Crippen LogP contribution in [-0.2, 0) is 37.2 Å². The van der Waals surface area contributed by atoms with Crippen LogP contribution in [0.2, 0.25) is 0 Å². The molecule has 8 nitrogen and oxygen atoms in total. The first-order valence-electron chi connectivity index (χ1n) is 11.6. The fourth-order valence-corrected chi connectivity index (χ4v) is 4.89. The molecular weight excluding hydrogens is 456 g/mol. The minimum atomic E-state index is -3.76. The van der Waals surface area contributed by atoms with Crippen molar-refractivity contribution in [3.8, 4) is 5.75 Å².